The van der Waals surface area contributed by atoms with Gasteiger partial charge in [0.05, 0.1) is 25.8 Å². The van der Waals surface area contributed by atoms with Crippen molar-refractivity contribution in [2.45, 2.75) is 25.5 Å². The van der Waals surface area contributed by atoms with Crippen molar-refractivity contribution in [3.05, 3.63) is 58.8 Å². The first-order chi connectivity index (χ1) is 14.5. The summed E-state index contributed by atoms with van der Waals surface area (Å²) in [6, 6.07) is 9.44. The second-order valence-corrected chi connectivity index (χ2v) is 8.47. The molecule has 2 unspecified atom stereocenters. The summed E-state index contributed by atoms with van der Waals surface area (Å²) in [4.78, 5) is 18.4. The number of aliphatic hydroxyl groups excluding tert-OH is 1. The number of benzene rings is 1. The van der Waals surface area contributed by atoms with Crippen molar-refractivity contribution in [1.29, 1.82) is 0 Å². The first-order valence-electron chi connectivity index (χ1n) is 10.2. The number of carbonyl (C=O) groups excluding carboxylic acids is 1. The van der Waals surface area contributed by atoms with E-state index in [9.17, 15) is 9.90 Å². The average Bonchev–Trinajstić information content (AvgIpc) is 3.20. The van der Waals surface area contributed by atoms with E-state index in [1.807, 2.05) is 34.1 Å². The molecule has 1 aliphatic heterocycles. The standard InChI is InChI=1S/C23H30N2O4S/c1-4-10-24(14-17(2)26)15-23(27)25-11-8-22-20(9-12-30-22)21(25)16-29-19-7-5-6-18(13-19)28-3/h4-7,9,12-13,17,21,26H,1,8,10-11,14-16H2,2-3H3. The predicted molar refractivity (Wildman–Crippen MR) is 119 cm³/mol. The highest BCUT2D eigenvalue weighted by Gasteiger charge is 2.32. The van der Waals surface area contributed by atoms with Gasteiger partial charge in [0.25, 0.3) is 0 Å². The normalized spacial score (nSPS) is 16.8. The Labute approximate surface area is 182 Å². The molecule has 162 valence electrons. The number of fused-ring (bicyclic) bond motifs is 1. The third kappa shape index (κ3) is 5.62. The first kappa shape index (κ1) is 22.3. The number of methoxy groups -OCH3 is 1. The minimum Gasteiger partial charge on any atom is -0.497 e. The van der Waals surface area contributed by atoms with Gasteiger partial charge in [-0.3, -0.25) is 9.69 Å². The van der Waals surface area contributed by atoms with E-state index in [-0.39, 0.29) is 18.5 Å². The van der Waals surface area contributed by atoms with E-state index in [1.54, 1.807) is 31.4 Å². The largest absolute Gasteiger partial charge is 0.497 e. The van der Waals surface area contributed by atoms with Crippen LogP contribution in [-0.4, -0.2) is 66.8 Å². The van der Waals surface area contributed by atoms with E-state index in [1.165, 1.54) is 4.88 Å². The van der Waals surface area contributed by atoms with Gasteiger partial charge in [-0.25, -0.2) is 0 Å². The maximum atomic E-state index is 13.2. The molecule has 0 bridgehead atoms. The maximum Gasteiger partial charge on any atom is 0.237 e. The van der Waals surface area contributed by atoms with Crippen LogP contribution in [0.15, 0.2) is 48.4 Å². The van der Waals surface area contributed by atoms with Gasteiger partial charge in [-0.1, -0.05) is 12.1 Å². The highest BCUT2D eigenvalue weighted by atomic mass is 32.1. The van der Waals surface area contributed by atoms with Crippen LogP contribution in [0.2, 0.25) is 0 Å². The number of carbonyl (C=O) groups is 1. The number of thiophene rings is 1. The van der Waals surface area contributed by atoms with E-state index < -0.39 is 6.10 Å². The Hall–Kier alpha value is -2.35. The maximum absolute atomic E-state index is 13.2. The average molecular weight is 431 g/mol. The smallest absolute Gasteiger partial charge is 0.237 e. The van der Waals surface area contributed by atoms with Gasteiger partial charge in [-0.05, 0) is 42.5 Å². The molecular weight excluding hydrogens is 400 g/mol. The van der Waals surface area contributed by atoms with Gasteiger partial charge in [0, 0.05) is 30.6 Å². The molecule has 0 spiro atoms. The number of hydrogen-bond acceptors (Lipinski definition) is 6. The van der Waals surface area contributed by atoms with Gasteiger partial charge in [0.15, 0.2) is 0 Å². The number of nitrogens with zero attached hydrogens (tertiary/aromatic N) is 2. The lowest BCUT2D eigenvalue weighted by Crippen LogP contribution is -2.47. The molecule has 0 saturated carbocycles. The highest BCUT2D eigenvalue weighted by molar-refractivity contribution is 7.10. The molecule has 3 rings (SSSR count). The zero-order valence-corrected chi connectivity index (χ0v) is 18.4. The minimum absolute atomic E-state index is 0.0357. The van der Waals surface area contributed by atoms with E-state index >= 15 is 0 Å². The molecule has 30 heavy (non-hydrogen) atoms. The fraction of sp³-hybridized carbons (Fsp3) is 0.435. The summed E-state index contributed by atoms with van der Waals surface area (Å²) < 4.78 is 11.3. The van der Waals surface area contributed by atoms with Gasteiger partial charge in [-0.2, -0.15) is 0 Å². The summed E-state index contributed by atoms with van der Waals surface area (Å²) in [6.45, 7) is 7.76. The van der Waals surface area contributed by atoms with E-state index in [2.05, 4.69) is 18.0 Å². The molecule has 1 aliphatic rings. The highest BCUT2D eigenvalue weighted by Crippen LogP contribution is 2.34. The molecule has 7 heteroatoms. The SMILES string of the molecule is C=CCN(CC(=O)N1CCc2sccc2C1COc1cccc(OC)c1)CC(C)O. The zero-order chi connectivity index (χ0) is 21.5. The van der Waals surface area contributed by atoms with Crippen molar-refractivity contribution in [2.75, 3.05) is 39.9 Å². The van der Waals surface area contributed by atoms with Crippen molar-refractivity contribution in [3.63, 3.8) is 0 Å². The van der Waals surface area contributed by atoms with Crippen LogP contribution in [0.4, 0.5) is 0 Å². The molecule has 0 radical (unpaired) electrons. The Morgan fingerprint density at radius 3 is 2.97 bits per heavy atom. The van der Waals surface area contributed by atoms with Crippen molar-refractivity contribution >= 4 is 17.2 Å². The molecule has 1 aromatic heterocycles. The van der Waals surface area contributed by atoms with Crippen molar-refractivity contribution in [3.8, 4) is 11.5 Å². The third-order valence-corrected chi connectivity index (χ3v) is 6.13. The monoisotopic (exact) mass is 430 g/mol. The number of rotatable bonds is 10. The van der Waals surface area contributed by atoms with Crippen LogP contribution in [0, 0.1) is 0 Å². The fourth-order valence-corrected chi connectivity index (χ4v) is 4.71. The van der Waals surface area contributed by atoms with Gasteiger partial charge >= 0.3 is 0 Å². The fourth-order valence-electron chi connectivity index (χ4n) is 3.78. The summed E-state index contributed by atoms with van der Waals surface area (Å²) in [5, 5.41) is 11.8. The lowest BCUT2D eigenvalue weighted by molar-refractivity contribution is -0.136. The summed E-state index contributed by atoms with van der Waals surface area (Å²) in [5.74, 6) is 1.48. The quantitative estimate of drug-likeness (QED) is 0.587. The Morgan fingerprint density at radius 1 is 1.43 bits per heavy atom. The Bertz CT molecular complexity index is 851. The van der Waals surface area contributed by atoms with Crippen LogP contribution >= 0.6 is 11.3 Å². The summed E-state index contributed by atoms with van der Waals surface area (Å²) in [5.41, 5.74) is 1.16. The first-order valence-corrected chi connectivity index (χ1v) is 11.0. The van der Waals surface area contributed by atoms with Crippen molar-refractivity contribution in [1.82, 2.24) is 9.80 Å². The number of aliphatic hydroxyl groups is 1. The number of hydrogen-bond donors (Lipinski definition) is 1. The second-order valence-electron chi connectivity index (χ2n) is 7.47. The van der Waals surface area contributed by atoms with Gasteiger partial charge in [0.2, 0.25) is 5.91 Å². The topological polar surface area (TPSA) is 62.2 Å². The molecule has 1 N–H and O–H groups in total. The Kier molecular flexibility index (Phi) is 7.90. The van der Waals surface area contributed by atoms with Gasteiger partial charge in [0.1, 0.15) is 18.1 Å². The predicted octanol–water partition coefficient (Wildman–Crippen LogP) is 3.13. The Balaban J connectivity index is 1.74. The van der Waals surface area contributed by atoms with Crippen LogP contribution in [-0.2, 0) is 11.2 Å². The molecule has 1 amide bonds. The molecule has 0 aliphatic carbocycles. The van der Waals surface area contributed by atoms with E-state index in [0.717, 1.165) is 17.7 Å². The van der Waals surface area contributed by atoms with Crippen LogP contribution in [0.5, 0.6) is 11.5 Å². The van der Waals surface area contributed by atoms with E-state index in [0.29, 0.717) is 32.0 Å². The number of ether oxygens (including phenoxy) is 2. The summed E-state index contributed by atoms with van der Waals surface area (Å²) in [6.07, 6.45) is 2.10. The molecular formula is C23H30N2O4S. The van der Waals surface area contributed by atoms with E-state index in [4.69, 9.17) is 9.47 Å². The van der Waals surface area contributed by atoms with Crippen LogP contribution in [0.25, 0.3) is 0 Å². The molecule has 6 nitrogen and oxygen atoms in total. The summed E-state index contributed by atoms with van der Waals surface area (Å²) in [7, 11) is 1.63. The molecule has 0 fully saturated rings. The molecule has 1 aromatic carbocycles. The second kappa shape index (κ2) is 10.6. The van der Waals surface area contributed by atoms with Gasteiger partial charge in [-0.15, -0.1) is 17.9 Å². The lowest BCUT2D eigenvalue weighted by Gasteiger charge is -2.37. The minimum atomic E-state index is -0.505. The van der Waals surface area contributed by atoms with Gasteiger partial charge < -0.3 is 19.5 Å². The van der Waals surface area contributed by atoms with Crippen LogP contribution in [0.3, 0.4) is 0 Å². The molecule has 2 aromatic rings. The Morgan fingerprint density at radius 2 is 2.23 bits per heavy atom. The summed E-state index contributed by atoms with van der Waals surface area (Å²) >= 11 is 1.73. The lowest BCUT2D eigenvalue weighted by atomic mass is 10.0. The van der Waals surface area contributed by atoms with Crippen LogP contribution in [0.1, 0.15) is 23.4 Å². The van der Waals surface area contributed by atoms with Crippen molar-refractivity contribution in [2.24, 2.45) is 0 Å². The molecule has 2 atom stereocenters. The molecule has 0 saturated heterocycles. The van der Waals surface area contributed by atoms with Crippen LogP contribution < -0.4 is 9.47 Å². The number of amides is 1. The molecule has 2 heterocycles. The zero-order valence-electron chi connectivity index (χ0n) is 17.6. The van der Waals surface area contributed by atoms with Crippen molar-refractivity contribution < 1.29 is 19.4 Å². The third-order valence-electron chi connectivity index (χ3n) is 5.13.